The molecule has 2 aliphatic heterocycles. The summed E-state index contributed by atoms with van der Waals surface area (Å²) in [6.45, 7) is 20.5. The van der Waals surface area contributed by atoms with Gasteiger partial charge in [-0.3, -0.25) is 0 Å². The summed E-state index contributed by atoms with van der Waals surface area (Å²) in [7, 11) is 0.302. The average Bonchev–Trinajstić information content (AvgIpc) is 2.81. The quantitative estimate of drug-likeness (QED) is 0.475. The van der Waals surface area contributed by atoms with E-state index in [0.29, 0.717) is 20.6 Å². The molecule has 2 heterocycles. The first-order valence-electron chi connectivity index (χ1n) is 8.48. The van der Waals surface area contributed by atoms with E-state index < -0.39 is 0 Å². The molecule has 2 heteroatoms. The van der Waals surface area contributed by atoms with Crippen LogP contribution < -0.4 is 0 Å². The summed E-state index contributed by atoms with van der Waals surface area (Å²) in [6, 6.07) is 0. The first-order chi connectivity index (χ1) is 8.93. The second-order valence-electron chi connectivity index (χ2n) is 9.40. The normalized spacial score (nSPS) is 43.2. The molecule has 0 radical (unpaired) electrons. The van der Waals surface area contributed by atoms with Crippen molar-refractivity contribution in [1.29, 1.82) is 0 Å². The Bertz CT molecular complexity index is 327. The van der Waals surface area contributed by atoms with E-state index >= 15 is 0 Å². The molecule has 0 bridgehead atoms. The Morgan fingerprint density at radius 2 is 0.950 bits per heavy atom. The van der Waals surface area contributed by atoms with Crippen molar-refractivity contribution < 1.29 is 0 Å². The van der Waals surface area contributed by atoms with Crippen LogP contribution in [0.25, 0.3) is 0 Å². The van der Waals surface area contributed by atoms with Crippen LogP contribution in [-0.2, 0) is 0 Å². The maximum absolute atomic E-state index is 2.70. The summed E-state index contributed by atoms with van der Waals surface area (Å²) in [4.78, 5) is 0. The summed E-state index contributed by atoms with van der Waals surface area (Å²) in [5.41, 5.74) is 0. The summed E-state index contributed by atoms with van der Waals surface area (Å²) >= 11 is 0. The average molecular weight is 314 g/mol. The van der Waals surface area contributed by atoms with Crippen molar-refractivity contribution in [2.75, 3.05) is 12.3 Å². The molecule has 0 aromatic heterocycles. The molecule has 4 atom stereocenters. The van der Waals surface area contributed by atoms with Gasteiger partial charge in [-0.1, -0.05) is 71.2 Å². The highest BCUT2D eigenvalue weighted by Crippen LogP contribution is 2.79. The number of rotatable bonds is 1. The third kappa shape index (κ3) is 2.63. The first kappa shape index (κ1) is 17.2. The van der Waals surface area contributed by atoms with E-state index in [1.165, 1.54) is 38.0 Å². The van der Waals surface area contributed by atoms with Crippen LogP contribution in [0.1, 0.15) is 81.1 Å². The Labute approximate surface area is 130 Å². The fourth-order valence-electron chi connectivity index (χ4n) is 5.20. The molecule has 0 N–H and O–H groups in total. The zero-order valence-electron chi connectivity index (χ0n) is 15.1. The van der Waals surface area contributed by atoms with Crippen molar-refractivity contribution in [3.05, 3.63) is 0 Å². The third-order valence-corrected chi connectivity index (χ3v) is 14.8. The molecule has 0 saturated carbocycles. The molecule has 0 aromatic carbocycles. The fourth-order valence-corrected chi connectivity index (χ4v) is 14.4. The zero-order valence-corrected chi connectivity index (χ0v) is 16.9. The van der Waals surface area contributed by atoms with Crippen LogP contribution in [0.3, 0.4) is 0 Å². The van der Waals surface area contributed by atoms with Gasteiger partial charge in [0.2, 0.25) is 0 Å². The minimum absolute atomic E-state index is 0.151. The Morgan fingerprint density at radius 3 is 1.20 bits per heavy atom. The highest BCUT2D eigenvalue weighted by molar-refractivity contribution is 7.66. The van der Waals surface area contributed by atoms with Gasteiger partial charge in [0.05, 0.1) is 0 Å². The van der Waals surface area contributed by atoms with Gasteiger partial charge in [0, 0.05) is 0 Å². The standard InChI is InChI=1S/C18H36P2/c1-15(2,3)19-13-9-11-17(19,7)18(8)12-10-14-20(18)16(4,5)6/h9-14H2,1-8H3/t17-,18-,19+,20+/m1/s1. The summed E-state index contributed by atoms with van der Waals surface area (Å²) < 4.78 is 0. The van der Waals surface area contributed by atoms with Crippen LogP contribution in [-0.4, -0.2) is 32.9 Å². The molecule has 2 saturated heterocycles. The van der Waals surface area contributed by atoms with Gasteiger partial charge in [-0.05, 0) is 58.6 Å². The molecule has 0 amide bonds. The smallest absolute Gasteiger partial charge is 0.00248 e. The van der Waals surface area contributed by atoms with Crippen molar-refractivity contribution in [1.82, 2.24) is 0 Å². The summed E-state index contributed by atoms with van der Waals surface area (Å²) in [5, 5.41) is 2.34. The van der Waals surface area contributed by atoms with E-state index in [2.05, 4.69) is 55.4 Å². The monoisotopic (exact) mass is 314 g/mol. The molecule has 2 fully saturated rings. The molecule has 118 valence electrons. The highest BCUT2D eigenvalue weighted by Gasteiger charge is 2.60. The fraction of sp³-hybridized carbons (Fsp3) is 1.00. The number of hydrogen-bond acceptors (Lipinski definition) is 0. The van der Waals surface area contributed by atoms with E-state index in [4.69, 9.17) is 0 Å². The molecular formula is C18H36P2. The summed E-state index contributed by atoms with van der Waals surface area (Å²) in [6.07, 6.45) is 9.03. The molecule has 20 heavy (non-hydrogen) atoms. The zero-order chi connectivity index (χ0) is 15.4. The maximum Gasteiger partial charge on any atom is -0.00248 e. The van der Waals surface area contributed by atoms with Crippen molar-refractivity contribution in [3.8, 4) is 0 Å². The van der Waals surface area contributed by atoms with E-state index in [1.54, 1.807) is 0 Å². The molecule has 0 spiro atoms. The van der Waals surface area contributed by atoms with Gasteiger partial charge in [0.15, 0.2) is 0 Å². The third-order valence-electron chi connectivity index (χ3n) is 6.06. The summed E-state index contributed by atoms with van der Waals surface area (Å²) in [5.74, 6) is 0. The van der Waals surface area contributed by atoms with Crippen molar-refractivity contribution in [2.45, 2.75) is 102 Å². The van der Waals surface area contributed by atoms with Gasteiger partial charge < -0.3 is 0 Å². The van der Waals surface area contributed by atoms with Crippen LogP contribution in [0.15, 0.2) is 0 Å². The predicted octanol–water partition coefficient (Wildman–Crippen LogP) is 6.65. The molecule has 0 aromatic rings. The van der Waals surface area contributed by atoms with Crippen LogP contribution in [0.4, 0.5) is 0 Å². The predicted molar refractivity (Wildman–Crippen MR) is 98.4 cm³/mol. The topological polar surface area (TPSA) is 0 Å². The molecule has 0 aliphatic carbocycles. The second-order valence-corrected chi connectivity index (χ2v) is 16.7. The Hall–Kier alpha value is 0.860. The largest absolute Gasteiger partial charge is 0.0942 e. The molecular weight excluding hydrogens is 278 g/mol. The van der Waals surface area contributed by atoms with Crippen molar-refractivity contribution in [3.63, 3.8) is 0 Å². The van der Waals surface area contributed by atoms with Gasteiger partial charge >= 0.3 is 0 Å². The van der Waals surface area contributed by atoms with Crippen LogP contribution in [0.5, 0.6) is 0 Å². The van der Waals surface area contributed by atoms with Gasteiger partial charge in [0.25, 0.3) is 0 Å². The number of hydrogen-bond donors (Lipinski definition) is 0. The van der Waals surface area contributed by atoms with Crippen LogP contribution in [0, 0.1) is 0 Å². The highest BCUT2D eigenvalue weighted by atomic mass is 31.1. The van der Waals surface area contributed by atoms with Gasteiger partial charge in [-0.25, -0.2) is 0 Å². The molecule has 0 unspecified atom stereocenters. The molecule has 2 rings (SSSR count). The Kier molecular flexibility index (Phi) is 4.48. The lowest BCUT2D eigenvalue weighted by Gasteiger charge is -2.56. The maximum atomic E-state index is 2.70. The lowest BCUT2D eigenvalue weighted by atomic mass is 9.87. The van der Waals surface area contributed by atoms with Crippen LogP contribution in [0.2, 0.25) is 0 Å². The molecule has 0 nitrogen and oxygen atoms in total. The van der Waals surface area contributed by atoms with Gasteiger partial charge in [-0.2, -0.15) is 0 Å². The Morgan fingerprint density at radius 1 is 0.650 bits per heavy atom. The van der Waals surface area contributed by atoms with Crippen molar-refractivity contribution in [2.24, 2.45) is 0 Å². The molecule has 2 aliphatic rings. The van der Waals surface area contributed by atoms with Crippen molar-refractivity contribution >= 4 is 15.8 Å². The van der Waals surface area contributed by atoms with E-state index in [0.717, 1.165) is 0 Å². The Balaban J connectivity index is 2.41. The van der Waals surface area contributed by atoms with Crippen LogP contribution >= 0.6 is 15.8 Å². The van der Waals surface area contributed by atoms with Gasteiger partial charge in [0.1, 0.15) is 0 Å². The lowest BCUT2D eigenvalue weighted by molar-refractivity contribution is 0.428. The van der Waals surface area contributed by atoms with E-state index in [1.807, 2.05) is 0 Å². The van der Waals surface area contributed by atoms with Gasteiger partial charge in [-0.15, -0.1) is 0 Å². The first-order valence-corrected chi connectivity index (χ1v) is 11.5. The van der Waals surface area contributed by atoms with E-state index in [-0.39, 0.29) is 15.8 Å². The SMILES string of the molecule is CC(C)(C)[P@]1CCC[C@]1(C)[C@@]1(C)CCC[P@@]1C(C)(C)C. The minimum atomic E-state index is 0.151. The lowest BCUT2D eigenvalue weighted by Crippen LogP contribution is -2.48. The second kappa shape index (κ2) is 5.20. The van der Waals surface area contributed by atoms with E-state index in [9.17, 15) is 0 Å². The minimum Gasteiger partial charge on any atom is -0.0942 e.